The van der Waals surface area contributed by atoms with Crippen LogP contribution in [0.1, 0.15) is 28.8 Å². The number of nitrogens with two attached hydrogens (primary N) is 1. The van der Waals surface area contributed by atoms with Gasteiger partial charge in [-0.3, -0.25) is 9.59 Å². The van der Waals surface area contributed by atoms with Gasteiger partial charge >= 0.3 is 5.97 Å². The molecule has 0 spiro atoms. The summed E-state index contributed by atoms with van der Waals surface area (Å²) in [6, 6.07) is 5.38. The van der Waals surface area contributed by atoms with Crippen molar-refractivity contribution in [3.05, 3.63) is 29.3 Å². The van der Waals surface area contributed by atoms with Crippen LogP contribution in [0.2, 0.25) is 0 Å². The Morgan fingerprint density at radius 3 is 2.68 bits per heavy atom. The predicted molar refractivity (Wildman–Crippen MR) is 73.8 cm³/mol. The lowest BCUT2D eigenvalue weighted by Crippen LogP contribution is -2.29. The molecule has 0 fully saturated rings. The Morgan fingerprint density at radius 2 is 2.05 bits per heavy atom. The van der Waals surface area contributed by atoms with Gasteiger partial charge in [0.05, 0.1) is 12.7 Å². The number of hydrogen-bond donors (Lipinski definition) is 1. The van der Waals surface area contributed by atoms with Crippen molar-refractivity contribution < 1.29 is 14.3 Å². The molecule has 0 radical (unpaired) electrons. The van der Waals surface area contributed by atoms with E-state index < -0.39 is 0 Å². The fraction of sp³-hybridized carbons (Fsp3) is 0.429. The molecule has 0 bridgehead atoms. The van der Waals surface area contributed by atoms with Gasteiger partial charge in [0.25, 0.3) is 5.91 Å². The third kappa shape index (κ3) is 3.98. The molecular formula is C14H20N2O3. The second kappa shape index (κ2) is 6.78. The lowest BCUT2D eigenvalue weighted by atomic mass is 10.1. The topological polar surface area (TPSA) is 72.6 Å². The summed E-state index contributed by atoms with van der Waals surface area (Å²) in [7, 11) is 3.05. The number of para-hydroxylation sites is 1. The van der Waals surface area contributed by atoms with E-state index in [1.165, 1.54) is 7.11 Å². The van der Waals surface area contributed by atoms with E-state index in [1.807, 2.05) is 13.0 Å². The Balaban J connectivity index is 2.62. The molecule has 1 aromatic rings. The van der Waals surface area contributed by atoms with Crippen LogP contribution in [-0.2, 0) is 9.53 Å². The van der Waals surface area contributed by atoms with Crippen LogP contribution in [0.4, 0.5) is 5.69 Å². The highest BCUT2D eigenvalue weighted by molar-refractivity contribution is 5.99. The number of carbonyl (C=O) groups excluding carboxylic acids is 2. The molecule has 0 heterocycles. The molecule has 0 aliphatic carbocycles. The Bertz CT molecular complexity index is 472. The summed E-state index contributed by atoms with van der Waals surface area (Å²) < 4.78 is 4.55. The van der Waals surface area contributed by atoms with Crippen LogP contribution in [0, 0.1) is 6.92 Å². The van der Waals surface area contributed by atoms with Gasteiger partial charge in [-0.25, -0.2) is 0 Å². The molecule has 1 rings (SSSR count). The van der Waals surface area contributed by atoms with Gasteiger partial charge < -0.3 is 15.4 Å². The minimum Gasteiger partial charge on any atom is -0.469 e. The zero-order valence-electron chi connectivity index (χ0n) is 11.6. The van der Waals surface area contributed by atoms with Crippen LogP contribution >= 0.6 is 0 Å². The van der Waals surface area contributed by atoms with Gasteiger partial charge in [0.2, 0.25) is 0 Å². The Kier molecular flexibility index (Phi) is 5.36. The van der Waals surface area contributed by atoms with Gasteiger partial charge in [0, 0.05) is 25.7 Å². The molecule has 5 heteroatoms. The number of amides is 1. The largest absolute Gasteiger partial charge is 0.469 e. The number of benzene rings is 1. The van der Waals surface area contributed by atoms with E-state index >= 15 is 0 Å². The minimum atomic E-state index is -0.268. The first kappa shape index (κ1) is 15.0. The van der Waals surface area contributed by atoms with Crippen molar-refractivity contribution in [3.8, 4) is 0 Å². The van der Waals surface area contributed by atoms with E-state index in [0.29, 0.717) is 30.6 Å². The maximum atomic E-state index is 12.2. The van der Waals surface area contributed by atoms with Crippen molar-refractivity contribution >= 4 is 17.6 Å². The van der Waals surface area contributed by atoms with Gasteiger partial charge in [-0.05, 0) is 25.0 Å². The Labute approximate surface area is 113 Å². The fourth-order valence-corrected chi connectivity index (χ4v) is 1.74. The summed E-state index contributed by atoms with van der Waals surface area (Å²) in [6.07, 6.45) is 0.873. The fourth-order valence-electron chi connectivity index (χ4n) is 1.74. The number of rotatable bonds is 5. The van der Waals surface area contributed by atoms with Crippen LogP contribution in [0.25, 0.3) is 0 Å². The van der Waals surface area contributed by atoms with Crippen molar-refractivity contribution in [3.63, 3.8) is 0 Å². The first-order valence-corrected chi connectivity index (χ1v) is 6.14. The second-order valence-electron chi connectivity index (χ2n) is 4.44. The molecule has 104 valence electrons. The predicted octanol–water partition coefficient (Wildman–Crippen LogP) is 1.60. The smallest absolute Gasteiger partial charge is 0.305 e. The lowest BCUT2D eigenvalue weighted by Gasteiger charge is -2.18. The van der Waals surface area contributed by atoms with E-state index in [0.717, 1.165) is 5.56 Å². The Hall–Kier alpha value is -2.04. The number of ether oxygens (including phenoxy) is 1. The van der Waals surface area contributed by atoms with Gasteiger partial charge in [-0.1, -0.05) is 12.1 Å². The maximum Gasteiger partial charge on any atom is 0.305 e. The molecule has 0 saturated carbocycles. The van der Waals surface area contributed by atoms with E-state index in [-0.39, 0.29) is 11.9 Å². The molecule has 0 atom stereocenters. The molecule has 1 amide bonds. The summed E-state index contributed by atoms with van der Waals surface area (Å²) >= 11 is 0. The maximum absolute atomic E-state index is 12.2. The van der Waals surface area contributed by atoms with Crippen molar-refractivity contribution in [2.45, 2.75) is 19.8 Å². The number of aryl methyl sites for hydroxylation is 1. The average molecular weight is 264 g/mol. The van der Waals surface area contributed by atoms with E-state index in [1.54, 1.807) is 24.1 Å². The average Bonchev–Trinajstić information content (AvgIpc) is 2.40. The minimum absolute atomic E-state index is 0.133. The summed E-state index contributed by atoms with van der Waals surface area (Å²) in [5.74, 6) is -0.401. The molecule has 19 heavy (non-hydrogen) atoms. The van der Waals surface area contributed by atoms with Crippen molar-refractivity contribution in [1.82, 2.24) is 4.90 Å². The lowest BCUT2D eigenvalue weighted by molar-refractivity contribution is -0.140. The number of nitrogens with zero attached hydrogens (tertiary/aromatic N) is 1. The van der Waals surface area contributed by atoms with Gasteiger partial charge in [0.1, 0.15) is 0 Å². The highest BCUT2D eigenvalue weighted by Gasteiger charge is 2.15. The molecule has 0 aliphatic rings. The van der Waals surface area contributed by atoms with E-state index in [9.17, 15) is 9.59 Å². The number of methoxy groups -OCH3 is 1. The third-order valence-corrected chi connectivity index (χ3v) is 3.00. The number of nitrogen functional groups attached to an aromatic ring is 1. The van der Waals surface area contributed by atoms with Gasteiger partial charge in [0.15, 0.2) is 0 Å². The van der Waals surface area contributed by atoms with Crippen LogP contribution in [0.3, 0.4) is 0 Å². The Morgan fingerprint density at radius 1 is 1.37 bits per heavy atom. The zero-order chi connectivity index (χ0) is 14.4. The zero-order valence-corrected chi connectivity index (χ0v) is 11.6. The third-order valence-electron chi connectivity index (χ3n) is 3.00. The number of esters is 1. The number of carbonyl (C=O) groups is 2. The van der Waals surface area contributed by atoms with Gasteiger partial charge in [-0.2, -0.15) is 0 Å². The molecular weight excluding hydrogens is 244 g/mol. The summed E-state index contributed by atoms with van der Waals surface area (Å²) in [6.45, 7) is 2.35. The molecule has 5 nitrogen and oxygen atoms in total. The molecule has 1 aromatic carbocycles. The standard InChI is InChI=1S/C14H20N2O3/c1-10-6-4-7-11(13(10)15)14(18)16(2)9-5-8-12(17)19-3/h4,6-7H,5,8-9,15H2,1-3H3. The monoisotopic (exact) mass is 264 g/mol. The normalized spacial score (nSPS) is 10.1. The quantitative estimate of drug-likeness (QED) is 0.647. The molecule has 0 unspecified atom stereocenters. The SMILES string of the molecule is COC(=O)CCCN(C)C(=O)c1cccc(C)c1N. The van der Waals surface area contributed by atoms with Crippen LogP contribution in [0.5, 0.6) is 0 Å². The molecule has 2 N–H and O–H groups in total. The van der Waals surface area contributed by atoms with E-state index in [2.05, 4.69) is 4.74 Å². The van der Waals surface area contributed by atoms with Crippen molar-refractivity contribution in [2.75, 3.05) is 26.4 Å². The van der Waals surface area contributed by atoms with E-state index in [4.69, 9.17) is 5.73 Å². The van der Waals surface area contributed by atoms with Crippen LogP contribution < -0.4 is 5.73 Å². The first-order chi connectivity index (χ1) is 8.97. The summed E-state index contributed by atoms with van der Waals surface area (Å²) in [5, 5.41) is 0. The molecule has 0 aromatic heterocycles. The van der Waals surface area contributed by atoms with Crippen molar-refractivity contribution in [2.24, 2.45) is 0 Å². The highest BCUT2D eigenvalue weighted by atomic mass is 16.5. The van der Waals surface area contributed by atoms with Crippen LogP contribution in [0.15, 0.2) is 18.2 Å². The van der Waals surface area contributed by atoms with Gasteiger partial charge in [-0.15, -0.1) is 0 Å². The van der Waals surface area contributed by atoms with Crippen molar-refractivity contribution in [1.29, 1.82) is 0 Å². The molecule has 0 saturated heterocycles. The first-order valence-electron chi connectivity index (χ1n) is 6.14. The number of hydrogen-bond acceptors (Lipinski definition) is 4. The van der Waals surface area contributed by atoms with Crippen LogP contribution in [-0.4, -0.2) is 37.5 Å². The summed E-state index contributed by atoms with van der Waals surface area (Å²) in [5.41, 5.74) is 7.79. The summed E-state index contributed by atoms with van der Waals surface area (Å²) in [4.78, 5) is 24.7. The highest BCUT2D eigenvalue weighted by Crippen LogP contribution is 2.18. The second-order valence-corrected chi connectivity index (χ2v) is 4.44. The molecule has 0 aliphatic heterocycles. The number of anilines is 1.